The molecule has 0 spiro atoms. The number of ether oxygens (including phenoxy) is 4. The number of carbonyl (C=O) groups excluding carboxylic acids is 4. The number of esters is 4. The average Bonchev–Trinajstić information content (AvgIpc) is 3.50. The van der Waals surface area contributed by atoms with Crippen LogP contribution >= 0.6 is 94.1 Å². The van der Waals surface area contributed by atoms with Crippen LogP contribution in [0.3, 0.4) is 0 Å². The molecule has 4 aromatic rings. The van der Waals surface area contributed by atoms with Crippen LogP contribution in [0.1, 0.15) is 43.0 Å². The van der Waals surface area contributed by atoms with E-state index in [2.05, 4.69) is 107 Å². The van der Waals surface area contributed by atoms with Gasteiger partial charge >= 0.3 is 435 Å². The number of carbonyl (C=O) groups is 4. The van der Waals surface area contributed by atoms with E-state index in [1.54, 1.807) is 12.1 Å². The van der Waals surface area contributed by atoms with E-state index < -0.39 is 23.9 Å². The van der Waals surface area contributed by atoms with Crippen LogP contribution in [-0.2, 0) is 43.5 Å². The third-order valence-corrected chi connectivity index (χ3v) is 19.2. The van der Waals surface area contributed by atoms with E-state index in [0.717, 1.165) is 82.0 Å². The van der Waals surface area contributed by atoms with Gasteiger partial charge in [0.25, 0.3) is 22.8 Å². The quantitative estimate of drug-likeness (QED) is 0.0279. The summed E-state index contributed by atoms with van der Waals surface area (Å²) in [5, 5.41) is 17.6. The summed E-state index contributed by atoms with van der Waals surface area (Å²) in [5.74, 6) is -2.67. The number of hydrogen-bond donors (Lipinski definition) is 0. The number of rotatable bonds is 10. The molecule has 4 heterocycles. The Morgan fingerprint density at radius 2 is 0.816 bits per heavy atom. The van der Waals surface area contributed by atoms with Crippen molar-refractivity contribution in [3.8, 4) is 12.1 Å². The van der Waals surface area contributed by atoms with Crippen LogP contribution in [0.15, 0.2) is 128 Å². The molecule has 0 aromatic heterocycles. The van der Waals surface area contributed by atoms with Gasteiger partial charge < -0.3 is 67.5 Å². The zero-order valence-electron chi connectivity index (χ0n) is 50.4. The molecule has 0 fully saturated rings. The molecule has 14 nitrogen and oxygen atoms in total. The molecule has 87 heavy (non-hydrogen) atoms. The minimum absolute atomic E-state index is 0. The maximum Gasteiger partial charge on any atom is 1.00 e. The molecule has 0 N–H and O–H groups in total. The van der Waals surface area contributed by atoms with Gasteiger partial charge in [-0.05, 0) is 0 Å². The van der Waals surface area contributed by atoms with Crippen molar-refractivity contribution in [1.82, 2.24) is 0 Å². The van der Waals surface area contributed by atoms with E-state index in [1.807, 2.05) is 45.0 Å². The zero-order chi connectivity index (χ0) is 57.8. The van der Waals surface area contributed by atoms with Gasteiger partial charge in [0.15, 0.2) is 0 Å². The van der Waals surface area contributed by atoms with Crippen molar-refractivity contribution in [2.24, 2.45) is 0 Å². The normalized spacial score (nSPS) is 12.7. The van der Waals surface area contributed by atoms with Crippen molar-refractivity contribution in [2.45, 2.75) is 86.1 Å². The zero-order valence-corrected chi connectivity index (χ0v) is 81.9. The summed E-state index contributed by atoms with van der Waals surface area (Å²) < 4.78 is 21.9. The molecule has 8 rings (SSSR count). The molecular weight excluding hydrogens is 1470 g/mol. The van der Waals surface area contributed by atoms with Crippen LogP contribution in [-0.4, -0.2) is 50.3 Å². The van der Waals surface area contributed by atoms with E-state index >= 15 is 0 Å². The predicted octanol–water partition coefficient (Wildman–Crippen LogP) is -9.86. The summed E-state index contributed by atoms with van der Waals surface area (Å²) in [7, 11) is 0. The Morgan fingerprint density at radius 3 is 1.17 bits per heavy atom. The van der Waals surface area contributed by atoms with Gasteiger partial charge in [-0.15, -0.1) is 20.8 Å². The fourth-order valence-corrected chi connectivity index (χ4v) is 14.8. The molecule has 4 aliphatic heterocycles. The molecule has 0 atom stereocenters. The van der Waals surface area contributed by atoms with Crippen LogP contribution in [0.5, 0.6) is 0 Å². The Morgan fingerprint density at radius 1 is 0.494 bits per heavy atom. The van der Waals surface area contributed by atoms with Crippen molar-refractivity contribution < 1.29 is 449 Å². The van der Waals surface area contributed by atoms with Crippen molar-refractivity contribution in [3.05, 3.63) is 206 Å². The first-order valence-corrected chi connectivity index (χ1v) is 28.8. The van der Waals surface area contributed by atoms with Crippen LogP contribution in [0.4, 0.5) is 0 Å². The number of allylic oxidation sites excluding steroid dienone is 2. The second-order valence-electron chi connectivity index (χ2n) is 16.0. The largest absolute Gasteiger partial charge is 1.00 e. The first-order chi connectivity index (χ1) is 37.8. The van der Waals surface area contributed by atoms with Gasteiger partial charge in [0, 0.05) is 29.1 Å². The SMILES string of the molecule is [C-]#[N+]/C(C#N)=C1/Sc2[c-]cc(C)[c-]c2S1.[C-]#[N+]/C(C(=O)OCCOC(=O)C=C)=C1/Sc2[c-]cc(C(C)(C)C)[c-]c2S1.[C-]#[N+]C(C#N)=C1Sc2[c-]c(C)c(C)[c-]c2S1.[C-]#[N+]C(C(=O)OCCOC(=O)C=C)=C1Sc2[c-]cc[c-]c2S1.[K+].[K+].[K+].[K+].[K+].[K+].[K+].[K+]. The fraction of sp³-hybridized carbons (Fsp3) is 0.193. The van der Waals surface area contributed by atoms with Gasteiger partial charge in [-0.1, -0.05) is 39.3 Å². The number of fused-ring (bicyclic) bond motifs is 4. The van der Waals surface area contributed by atoms with E-state index in [4.69, 9.17) is 51.0 Å². The first-order valence-electron chi connectivity index (χ1n) is 22.2. The molecule has 4 aromatic carbocycles. The molecule has 0 aliphatic carbocycles. The second kappa shape index (κ2) is 52.9. The molecule has 0 unspecified atom stereocenters. The number of aryl methyl sites for hydroxylation is 3. The van der Waals surface area contributed by atoms with E-state index in [-0.39, 0.29) is 466 Å². The molecule has 0 bridgehead atoms. The Hall–Kier alpha value is 6.03. The molecular formula is C57H36K8N6O8S8. The summed E-state index contributed by atoms with van der Waals surface area (Å²) in [6, 6.07) is 36.4. The van der Waals surface area contributed by atoms with Crippen LogP contribution in [0, 0.1) is 118 Å². The van der Waals surface area contributed by atoms with Crippen molar-refractivity contribution in [2.75, 3.05) is 26.4 Å². The molecule has 0 radical (unpaired) electrons. The van der Waals surface area contributed by atoms with Crippen molar-refractivity contribution in [1.29, 1.82) is 10.5 Å². The third kappa shape index (κ3) is 32.7. The summed E-state index contributed by atoms with van der Waals surface area (Å²) in [5.41, 5.74) is 4.22. The molecule has 398 valence electrons. The summed E-state index contributed by atoms with van der Waals surface area (Å²) >= 11 is 10.9. The predicted molar refractivity (Wildman–Crippen MR) is 306 cm³/mol. The standard InChI is InChI=1S/C19H17NO4S2.C15H9NO4S2.C12H6N2S2.C11H4N2S2.8K/c1-6-15(21)23-9-10-24-17(22)16(20-5)18-25-13-8-7-12(19(2,3)4)11-14(13)26-18;1-3-12(17)19-8-9-20-14(18)13(16-2)15-21-10-6-4-5-7-11(10)22-15;1-7-4-10-11(5-8(7)2)16-12(15-10)9(6-13)14-3;1-7-3-4-9-10(5-7)15-11(14-9)8(6-12)13-2;;;;;;;;/h6-7H,1,9-10H2,2-4H3;3-5H,1,8-9H2;1-2H3;3H,1H3;;;;;;;;/q4*-2;8*+1/b18-16-;;;11-8-;;;;;;;;. The van der Waals surface area contributed by atoms with E-state index in [1.165, 1.54) is 94.1 Å². The minimum Gasteiger partial charge on any atom is -0.467 e. The Balaban J connectivity index is -0.000000522. The summed E-state index contributed by atoms with van der Waals surface area (Å²) in [6.07, 6.45) is 2.04. The molecule has 0 saturated heterocycles. The maximum absolute atomic E-state index is 12.2. The van der Waals surface area contributed by atoms with Gasteiger partial charge in [-0.3, -0.25) is 56.1 Å². The van der Waals surface area contributed by atoms with Crippen LogP contribution < -0.4 is 411 Å². The Kier molecular flexibility index (Phi) is 60.5. The number of thioether (sulfide) groups is 8. The van der Waals surface area contributed by atoms with Gasteiger partial charge in [0.05, 0.1) is 38.4 Å². The van der Waals surface area contributed by atoms with Crippen molar-refractivity contribution in [3.63, 3.8) is 0 Å². The molecule has 0 saturated carbocycles. The van der Waals surface area contributed by atoms with Crippen LogP contribution in [0.25, 0.3) is 19.4 Å². The monoisotopic (exact) mass is 1500 g/mol. The second-order valence-corrected chi connectivity index (χ2v) is 25.2. The molecule has 0 amide bonds. The Bertz CT molecular complexity index is 3490. The van der Waals surface area contributed by atoms with Gasteiger partial charge in [0.1, 0.15) is 26.4 Å². The molecule has 4 aliphatic rings. The van der Waals surface area contributed by atoms with E-state index in [0.29, 0.717) is 8.47 Å². The van der Waals surface area contributed by atoms with Crippen LogP contribution in [0.2, 0.25) is 0 Å². The number of hydrogen-bond acceptors (Lipinski definition) is 18. The van der Waals surface area contributed by atoms with E-state index in [9.17, 15) is 19.2 Å². The van der Waals surface area contributed by atoms with Crippen molar-refractivity contribution >= 4 is 118 Å². The number of benzene rings is 4. The number of nitriles is 2. The maximum atomic E-state index is 12.2. The molecule has 30 heteroatoms. The third-order valence-electron chi connectivity index (χ3n) is 9.47. The fourth-order valence-electron chi connectivity index (χ4n) is 5.53. The average molecular weight is 1500 g/mol. The number of nitrogens with zero attached hydrogens (tertiary/aromatic N) is 6. The smallest absolute Gasteiger partial charge is 0.467 e. The van der Waals surface area contributed by atoms with Gasteiger partial charge in [-0.2, -0.15) is 94.1 Å². The first kappa shape index (κ1) is 99.4. The summed E-state index contributed by atoms with van der Waals surface area (Å²) in [4.78, 5) is 66.0. The van der Waals surface area contributed by atoms with Gasteiger partial charge in [0.2, 0.25) is 0 Å². The topological polar surface area (TPSA) is 170 Å². The Labute approximate surface area is 884 Å². The summed E-state index contributed by atoms with van der Waals surface area (Å²) in [6.45, 7) is 46.5. The minimum atomic E-state index is -0.743. The van der Waals surface area contributed by atoms with Gasteiger partial charge in [-0.25, -0.2) is 78.7 Å².